The summed E-state index contributed by atoms with van der Waals surface area (Å²) in [5.74, 6) is -1.02. The summed E-state index contributed by atoms with van der Waals surface area (Å²) in [6, 6.07) is 17.9. The molecular formula is C26H19ClN2O5S. The van der Waals surface area contributed by atoms with Gasteiger partial charge in [-0.15, -0.1) is 0 Å². The predicted octanol–water partition coefficient (Wildman–Crippen LogP) is 5.59. The van der Waals surface area contributed by atoms with E-state index in [-0.39, 0.29) is 11.3 Å². The molecule has 1 aliphatic rings. The highest BCUT2D eigenvalue weighted by molar-refractivity contribution is 7.22. The largest absolute Gasteiger partial charge is 0.507 e. The monoisotopic (exact) mass is 506 g/mol. The smallest absolute Gasteiger partial charge is 0.301 e. The van der Waals surface area contributed by atoms with E-state index in [1.165, 1.54) is 30.5 Å². The summed E-state index contributed by atoms with van der Waals surface area (Å²) in [5, 5.41) is 12.1. The van der Waals surface area contributed by atoms with E-state index in [1.807, 2.05) is 24.3 Å². The van der Waals surface area contributed by atoms with E-state index in [2.05, 4.69) is 4.98 Å². The van der Waals surface area contributed by atoms with Gasteiger partial charge in [0.2, 0.25) is 0 Å². The predicted molar refractivity (Wildman–Crippen MR) is 135 cm³/mol. The van der Waals surface area contributed by atoms with E-state index in [0.29, 0.717) is 38.3 Å². The van der Waals surface area contributed by atoms with Gasteiger partial charge in [0.15, 0.2) is 5.13 Å². The van der Waals surface area contributed by atoms with E-state index in [4.69, 9.17) is 21.1 Å². The number of aliphatic hydroxyl groups excluding tert-OH is 1. The normalized spacial score (nSPS) is 17.2. The van der Waals surface area contributed by atoms with E-state index >= 15 is 0 Å². The molecule has 0 saturated carbocycles. The van der Waals surface area contributed by atoms with Crippen molar-refractivity contribution in [1.82, 2.24) is 4.98 Å². The molecule has 1 unspecified atom stereocenters. The van der Waals surface area contributed by atoms with Crippen LogP contribution in [0.1, 0.15) is 17.2 Å². The van der Waals surface area contributed by atoms with Crippen LogP contribution in [0.3, 0.4) is 0 Å². The van der Waals surface area contributed by atoms with Crippen molar-refractivity contribution in [1.29, 1.82) is 0 Å². The van der Waals surface area contributed by atoms with Crippen LogP contribution in [0.25, 0.3) is 16.0 Å². The molecule has 176 valence electrons. The second-order valence-corrected chi connectivity index (χ2v) is 9.19. The van der Waals surface area contributed by atoms with Gasteiger partial charge in [0.1, 0.15) is 23.3 Å². The Morgan fingerprint density at radius 1 is 1.03 bits per heavy atom. The molecule has 9 heteroatoms. The van der Waals surface area contributed by atoms with Crippen molar-refractivity contribution >= 4 is 55.7 Å². The molecule has 2 heterocycles. The van der Waals surface area contributed by atoms with Gasteiger partial charge >= 0.3 is 5.91 Å². The third-order valence-electron chi connectivity index (χ3n) is 5.78. The molecule has 0 aliphatic carbocycles. The van der Waals surface area contributed by atoms with E-state index in [9.17, 15) is 14.7 Å². The fourth-order valence-corrected chi connectivity index (χ4v) is 5.22. The fraction of sp³-hybridized carbons (Fsp3) is 0.115. The average molecular weight is 507 g/mol. The molecule has 1 fully saturated rings. The number of rotatable bonds is 5. The Kier molecular flexibility index (Phi) is 5.92. The van der Waals surface area contributed by atoms with Crippen LogP contribution in [-0.4, -0.2) is 36.0 Å². The van der Waals surface area contributed by atoms with Crippen molar-refractivity contribution in [3.05, 3.63) is 88.5 Å². The van der Waals surface area contributed by atoms with E-state index in [1.54, 1.807) is 42.5 Å². The number of amides is 1. The van der Waals surface area contributed by atoms with Crippen molar-refractivity contribution in [2.45, 2.75) is 6.04 Å². The lowest BCUT2D eigenvalue weighted by atomic mass is 9.94. The number of para-hydroxylation sites is 1. The van der Waals surface area contributed by atoms with Crippen LogP contribution in [0, 0.1) is 0 Å². The Labute approximate surface area is 209 Å². The molecule has 35 heavy (non-hydrogen) atoms. The number of aromatic nitrogens is 1. The molecule has 0 spiro atoms. The minimum atomic E-state index is -1.00. The number of fused-ring (bicyclic) bond motifs is 1. The molecule has 0 radical (unpaired) electrons. The molecular weight excluding hydrogens is 488 g/mol. The first-order chi connectivity index (χ1) is 16.9. The van der Waals surface area contributed by atoms with Crippen LogP contribution in [0.4, 0.5) is 5.13 Å². The molecule has 3 aromatic carbocycles. The maximum Gasteiger partial charge on any atom is 0.301 e. The summed E-state index contributed by atoms with van der Waals surface area (Å²) in [5.41, 5.74) is 1.44. The number of thiazole rings is 1. The second kappa shape index (κ2) is 9.05. The number of hydrogen-bond acceptors (Lipinski definition) is 7. The van der Waals surface area contributed by atoms with Gasteiger partial charge in [0.25, 0.3) is 5.78 Å². The average Bonchev–Trinajstić information content (AvgIpc) is 3.42. The van der Waals surface area contributed by atoms with Crippen LogP contribution in [0.5, 0.6) is 11.5 Å². The zero-order chi connectivity index (χ0) is 24.7. The third kappa shape index (κ3) is 3.90. The molecule has 1 saturated heterocycles. The lowest BCUT2D eigenvalue weighted by Crippen LogP contribution is -2.29. The zero-order valence-corrected chi connectivity index (χ0v) is 20.3. The highest BCUT2D eigenvalue weighted by Gasteiger charge is 2.49. The van der Waals surface area contributed by atoms with Gasteiger partial charge in [0, 0.05) is 16.1 Å². The second-order valence-electron chi connectivity index (χ2n) is 7.75. The van der Waals surface area contributed by atoms with Crippen LogP contribution in [-0.2, 0) is 9.59 Å². The van der Waals surface area contributed by atoms with E-state index in [0.717, 1.165) is 4.70 Å². The van der Waals surface area contributed by atoms with Crippen molar-refractivity contribution in [2.24, 2.45) is 0 Å². The van der Waals surface area contributed by atoms with Crippen molar-refractivity contribution in [2.75, 3.05) is 19.1 Å². The first kappa shape index (κ1) is 22.9. The number of methoxy groups -OCH3 is 2. The number of Topliss-reactive ketones (excluding diaryl/α,β-unsaturated/α-hetero) is 1. The molecule has 7 nitrogen and oxygen atoms in total. The number of ether oxygens (including phenoxy) is 2. The lowest BCUT2D eigenvalue weighted by molar-refractivity contribution is -0.132. The molecule has 0 bridgehead atoms. The standard InChI is InChI=1S/C26H19ClN2O5S/c1-33-16-11-12-19(34-2)17(13-16)22-21(23(30)14-7-9-15(27)10-8-14)24(31)25(32)29(22)26-28-18-5-3-4-6-20(18)35-26/h3-13,22,30H,1-2H3. The quantitative estimate of drug-likeness (QED) is 0.215. The third-order valence-corrected chi connectivity index (χ3v) is 7.07. The Hall–Kier alpha value is -3.88. The van der Waals surface area contributed by atoms with E-state index < -0.39 is 17.7 Å². The maximum absolute atomic E-state index is 13.4. The van der Waals surface area contributed by atoms with Gasteiger partial charge < -0.3 is 14.6 Å². The first-order valence-electron chi connectivity index (χ1n) is 10.6. The van der Waals surface area contributed by atoms with Crippen LogP contribution >= 0.6 is 22.9 Å². The van der Waals surface area contributed by atoms with Gasteiger partial charge in [-0.2, -0.15) is 0 Å². The summed E-state index contributed by atoms with van der Waals surface area (Å²) in [6.07, 6.45) is 0. The Bertz CT molecular complexity index is 1460. The minimum Gasteiger partial charge on any atom is -0.507 e. The summed E-state index contributed by atoms with van der Waals surface area (Å²) in [6.45, 7) is 0. The summed E-state index contributed by atoms with van der Waals surface area (Å²) in [7, 11) is 3.01. The first-order valence-corrected chi connectivity index (χ1v) is 11.8. The number of nitrogens with zero attached hydrogens (tertiary/aromatic N) is 2. The molecule has 1 N–H and O–H groups in total. The fourth-order valence-electron chi connectivity index (χ4n) is 4.10. The van der Waals surface area contributed by atoms with Crippen molar-refractivity contribution in [3.8, 4) is 11.5 Å². The number of halogens is 1. The Morgan fingerprint density at radius 2 is 1.77 bits per heavy atom. The number of anilines is 1. The number of carbonyl (C=O) groups excluding carboxylic acids is 2. The van der Waals surface area contributed by atoms with Gasteiger partial charge in [-0.3, -0.25) is 14.5 Å². The van der Waals surface area contributed by atoms with Gasteiger partial charge in [-0.05, 0) is 54.6 Å². The van der Waals surface area contributed by atoms with Crippen molar-refractivity contribution < 1.29 is 24.2 Å². The SMILES string of the molecule is COc1ccc(OC)c(C2C(=C(O)c3ccc(Cl)cc3)C(=O)C(=O)N2c2nc3ccccc3s2)c1. The maximum atomic E-state index is 13.4. The van der Waals surface area contributed by atoms with Crippen LogP contribution in [0.15, 0.2) is 72.3 Å². The number of carbonyl (C=O) groups is 2. The molecule has 1 atom stereocenters. The number of hydrogen-bond donors (Lipinski definition) is 1. The topological polar surface area (TPSA) is 89.0 Å². The minimum absolute atomic E-state index is 0.0804. The van der Waals surface area contributed by atoms with Gasteiger partial charge in [-0.1, -0.05) is 35.1 Å². The highest BCUT2D eigenvalue weighted by atomic mass is 35.5. The molecule has 1 amide bonds. The van der Waals surface area contributed by atoms with Crippen molar-refractivity contribution in [3.63, 3.8) is 0 Å². The number of benzene rings is 3. The summed E-state index contributed by atoms with van der Waals surface area (Å²) < 4.78 is 11.8. The Morgan fingerprint density at radius 3 is 2.46 bits per heavy atom. The Balaban J connectivity index is 1.78. The summed E-state index contributed by atoms with van der Waals surface area (Å²) in [4.78, 5) is 32.7. The molecule has 4 aromatic rings. The molecule has 5 rings (SSSR count). The molecule has 1 aromatic heterocycles. The van der Waals surface area contributed by atoms with Gasteiger partial charge in [0.05, 0.1) is 30.0 Å². The van der Waals surface area contributed by atoms with Crippen LogP contribution < -0.4 is 14.4 Å². The molecule has 1 aliphatic heterocycles. The number of aliphatic hydroxyl groups is 1. The number of ketones is 1. The highest BCUT2D eigenvalue weighted by Crippen LogP contribution is 2.47. The van der Waals surface area contributed by atoms with Crippen LogP contribution in [0.2, 0.25) is 5.02 Å². The van der Waals surface area contributed by atoms with Gasteiger partial charge in [-0.25, -0.2) is 4.98 Å². The summed E-state index contributed by atoms with van der Waals surface area (Å²) >= 11 is 7.28. The lowest BCUT2D eigenvalue weighted by Gasteiger charge is -2.25. The zero-order valence-electron chi connectivity index (χ0n) is 18.7.